The summed E-state index contributed by atoms with van der Waals surface area (Å²) in [6.45, 7) is 1.91. The number of allylic oxidation sites excluding steroid dienone is 2. The van der Waals surface area contributed by atoms with E-state index < -0.39 is 0 Å². The summed E-state index contributed by atoms with van der Waals surface area (Å²) in [5.74, 6) is -0.737. The van der Waals surface area contributed by atoms with Gasteiger partial charge in [0, 0.05) is 5.03 Å². The van der Waals surface area contributed by atoms with Gasteiger partial charge in [0.2, 0.25) is 11.8 Å². The molecule has 1 aliphatic heterocycles. The molecule has 0 spiro atoms. The van der Waals surface area contributed by atoms with Crippen molar-refractivity contribution in [2.45, 2.75) is 19.8 Å². The lowest BCUT2D eigenvalue weighted by Gasteiger charge is -2.17. The lowest BCUT2D eigenvalue weighted by Crippen LogP contribution is -2.31. The molecule has 1 saturated heterocycles. The van der Waals surface area contributed by atoms with Crippen molar-refractivity contribution in [2.75, 3.05) is 4.90 Å². The number of benzene rings is 1. The van der Waals surface area contributed by atoms with E-state index in [1.807, 2.05) is 37.3 Å². The molecule has 0 bridgehead atoms. The predicted octanol–water partition coefficient (Wildman–Crippen LogP) is 3.02. The maximum Gasteiger partial charge on any atom is 0.238 e. The summed E-state index contributed by atoms with van der Waals surface area (Å²) in [5, 5.41) is 0.689. The first kappa shape index (κ1) is 12.4. The van der Waals surface area contributed by atoms with Crippen LogP contribution in [0.1, 0.15) is 18.4 Å². The van der Waals surface area contributed by atoms with E-state index in [1.54, 1.807) is 0 Å². The van der Waals surface area contributed by atoms with Gasteiger partial charge in [0.15, 0.2) is 0 Å². The Bertz CT molecular complexity index is 594. The van der Waals surface area contributed by atoms with E-state index in [-0.39, 0.29) is 23.7 Å². The van der Waals surface area contributed by atoms with Crippen LogP contribution in [0, 0.1) is 18.8 Å². The van der Waals surface area contributed by atoms with Gasteiger partial charge >= 0.3 is 0 Å². The highest BCUT2D eigenvalue weighted by Gasteiger charge is 2.49. The van der Waals surface area contributed by atoms with Gasteiger partial charge in [-0.15, -0.1) is 0 Å². The molecule has 0 aromatic heterocycles. The highest BCUT2D eigenvalue weighted by molar-refractivity contribution is 6.30. The molecule has 2 atom stereocenters. The molecule has 1 aliphatic carbocycles. The third-order valence-electron chi connectivity index (χ3n) is 3.93. The van der Waals surface area contributed by atoms with Crippen LogP contribution in [0.15, 0.2) is 35.4 Å². The van der Waals surface area contributed by atoms with Crippen LogP contribution in [0.4, 0.5) is 5.69 Å². The number of halogens is 1. The third-order valence-corrected chi connectivity index (χ3v) is 4.23. The number of anilines is 1. The highest BCUT2D eigenvalue weighted by Crippen LogP contribution is 2.41. The largest absolute Gasteiger partial charge is 0.274 e. The normalized spacial score (nSPS) is 26.4. The lowest BCUT2D eigenvalue weighted by molar-refractivity contribution is -0.122. The number of hydrogen-bond donors (Lipinski definition) is 0. The Kier molecular flexibility index (Phi) is 2.94. The van der Waals surface area contributed by atoms with E-state index in [0.717, 1.165) is 5.56 Å². The number of carbonyl (C=O) groups excluding carboxylic acids is 2. The Balaban J connectivity index is 2.00. The number of hydrogen-bond acceptors (Lipinski definition) is 2. The van der Waals surface area contributed by atoms with Gasteiger partial charge in [-0.25, -0.2) is 4.90 Å². The van der Waals surface area contributed by atoms with E-state index in [4.69, 9.17) is 11.6 Å². The van der Waals surface area contributed by atoms with Crippen LogP contribution in [0.25, 0.3) is 0 Å². The molecule has 0 radical (unpaired) electrons. The molecule has 1 aromatic rings. The summed E-state index contributed by atoms with van der Waals surface area (Å²) in [5.41, 5.74) is 1.63. The number of nitrogens with zero attached hydrogens (tertiary/aromatic N) is 1. The van der Waals surface area contributed by atoms with Crippen molar-refractivity contribution in [3.05, 3.63) is 40.9 Å². The van der Waals surface area contributed by atoms with E-state index >= 15 is 0 Å². The van der Waals surface area contributed by atoms with Gasteiger partial charge < -0.3 is 0 Å². The first-order chi connectivity index (χ1) is 9.09. The molecule has 2 unspecified atom stereocenters. The molecule has 0 saturated carbocycles. The molecule has 0 N–H and O–H groups in total. The Morgan fingerprint density at radius 3 is 2.58 bits per heavy atom. The Morgan fingerprint density at radius 2 is 1.84 bits per heavy atom. The standard InChI is InChI=1S/C15H14ClNO2/c1-9-4-2-3-5-13(9)17-14(18)11-7-6-10(16)8-12(11)15(17)19/h2-6,11-12H,7-8H2,1H3. The van der Waals surface area contributed by atoms with Crippen molar-refractivity contribution >= 4 is 29.1 Å². The van der Waals surface area contributed by atoms with Crippen molar-refractivity contribution in [3.63, 3.8) is 0 Å². The fourth-order valence-corrected chi connectivity index (χ4v) is 3.13. The zero-order chi connectivity index (χ0) is 13.6. The molecular formula is C15H14ClNO2. The van der Waals surface area contributed by atoms with Crippen molar-refractivity contribution in [1.82, 2.24) is 0 Å². The van der Waals surface area contributed by atoms with Crippen molar-refractivity contribution in [1.29, 1.82) is 0 Å². The summed E-state index contributed by atoms with van der Waals surface area (Å²) in [4.78, 5) is 26.3. The van der Waals surface area contributed by atoms with Gasteiger partial charge in [0.1, 0.15) is 0 Å². The van der Waals surface area contributed by atoms with Crippen LogP contribution in [0.3, 0.4) is 0 Å². The number of aryl methyl sites for hydroxylation is 1. The monoisotopic (exact) mass is 275 g/mol. The van der Waals surface area contributed by atoms with Crippen molar-refractivity contribution < 1.29 is 9.59 Å². The van der Waals surface area contributed by atoms with Gasteiger partial charge in [-0.2, -0.15) is 0 Å². The van der Waals surface area contributed by atoms with Crippen molar-refractivity contribution in [2.24, 2.45) is 11.8 Å². The maximum atomic E-state index is 12.5. The number of carbonyl (C=O) groups is 2. The second-order valence-electron chi connectivity index (χ2n) is 5.10. The third kappa shape index (κ3) is 1.89. The Hall–Kier alpha value is -1.61. The molecule has 1 fully saturated rings. The fraction of sp³-hybridized carbons (Fsp3) is 0.333. The smallest absolute Gasteiger partial charge is 0.238 e. The SMILES string of the molecule is Cc1ccccc1N1C(=O)C2CC=C(Cl)CC2C1=O. The molecule has 1 heterocycles. The van der Waals surface area contributed by atoms with Gasteiger partial charge in [0.05, 0.1) is 17.5 Å². The number of fused-ring (bicyclic) bond motifs is 1. The van der Waals surface area contributed by atoms with Crippen LogP contribution < -0.4 is 4.90 Å². The number of para-hydroxylation sites is 1. The second kappa shape index (κ2) is 4.49. The molecule has 98 valence electrons. The first-order valence-corrected chi connectivity index (χ1v) is 6.75. The van der Waals surface area contributed by atoms with Crippen LogP contribution in [0.2, 0.25) is 0 Å². The minimum absolute atomic E-state index is 0.0929. The number of rotatable bonds is 1. The first-order valence-electron chi connectivity index (χ1n) is 6.37. The summed E-state index contributed by atoms with van der Waals surface area (Å²) >= 11 is 6.00. The molecule has 1 aromatic carbocycles. The molecule has 2 amide bonds. The van der Waals surface area contributed by atoms with Gasteiger partial charge in [0.25, 0.3) is 0 Å². The molecule has 3 nitrogen and oxygen atoms in total. The number of imide groups is 1. The highest BCUT2D eigenvalue weighted by atomic mass is 35.5. The van der Waals surface area contributed by atoms with Crippen molar-refractivity contribution in [3.8, 4) is 0 Å². The fourth-order valence-electron chi connectivity index (χ4n) is 2.88. The molecule has 2 aliphatic rings. The van der Waals surface area contributed by atoms with Gasteiger partial charge in [-0.1, -0.05) is 35.9 Å². The lowest BCUT2D eigenvalue weighted by atomic mass is 9.85. The minimum Gasteiger partial charge on any atom is -0.274 e. The minimum atomic E-state index is -0.287. The average Bonchev–Trinajstić information content (AvgIpc) is 2.63. The topological polar surface area (TPSA) is 37.4 Å². The molecule has 19 heavy (non-hydrogen) atoms. The average molecular weight is 276 g/mol. The van der Waals surface area contributed by atoms with Crippen LogP contribution in [-0.2, 0) is 9.59 Å². The number of amides is 2. The van der Waals surface area contributed by atoms with Crippen LogP contribution in [-0.4, -0.2) is 11.8 Å². The van der Waals surface area contributed by atoms with Gasteiger partial charge in [-0.05, 0) is 31.4 Å². The van der Waals surface area contributed by atoms with Crippen LogP contribution in [0.5, 0.6) is 0 Å². The molecular weight excluding hydrogens is 262 g/mol. The van der Waals surface area contributed by atoms with E-state index in [0.29, 0.717) is 23.6 Å². The summed E-state index contributed by atoms with van der Waals surface area (Å²) < 4.78 is 0. The maximum absolute atomic E-state index is 12.5. The predicted molar refractivity (Wildman–Crippen MR) is 73.8 cm³/mol. The van der Waals surface area contributed by atoms with Crippen LogP contribution >= 0.6 is 11.6 Å². The Morgan fingerprint density at radius 1 is 1.16 bits per heavy atom. The Labute approximate surface area is 116 Å². The van der Waals surface area contributed by atoms with Gasteiger partial charge in [-0.3, -0.25) is 9.59 Å². The van der Waals surface area contributed by atoms with E-state index in [2.05, 4.69) is 0 Å². The summed E-state index contributed by atoms with van der Waals surface area (Å²) in [6.07, 6.45) is 2.91. The summed E-state index contributed by atoms with van der Waals surface area (Å²) in [7, 11) is 0. The zero-order valence-corrected chi connectivity index (χ0v) is 11.4. The second-order valence-corrected chi connectivity index (χ2v) is 5.59. The quantitative estimate of drug-likeness (QED) is 0.739. The van der Waals surface area contributed by atoms with E-state index in [9.17, 15) is 9.59 Å². The summed E-state index contributed by atoms with van der Waals surface area (Å²) in [6, 6.07) is 7.46. The van der Waals surface area contributed by atoms with E-state index in [1.165, 1.54) is 4.90 Å². The zero-order valence-electron chi connectivity index (χ0n) is 10.6. The molecule has 3 rings (SSSR count). The molecule has 4 heteroatoms.